The Labute approximate surface area is 185 Å². The fourth-order valence-corrected chi connectivity index (χ4v) is 3.84. The number of Topliss-reactive ketones (excluding diaryl/α,β-unsaturated/α-hetero) is 1. The molecule has 0 aromatic heterocycles. The largest absolute Gasteiger partial charge is 0.489 e. The Morgan fingerprint density at radius 3 is 2.77 bits per heavy atom. The Balaban J connectivity index is 1.36. The van der Waals surface area contributed by atoms with Gasteiger partial charge >= 0.3 is 0 Å². The molecule has 5 heteroatoms. The molecule has 3 aromatic rings. The maximum atomic E-state index is 12.8. The molecule has 1 atom stereocenters. The van der Waals surface area contributed by atoms with Gasteiger partial charge in [-0.15, -0.1) is 0 Å². The zero-order chi connectivity index (χ0) is 21.4. The van der Waals surface area contributed by atoms with Crippen LogP contribution in [-0.2, 0) is 6.61 Å². The van der Waals surface area contributed by atoms with Crippen LogP contribution in [0.4, 0.5) is 0 Å². The molecule has 0 fully saturated rings. The summed E-state index contributed by atoms with van der Waals surface area (Å²) in [7, 11) is 0. The van der Waals surface area contributed by atoms with Gasteiger partial charge in [0.1, 0.15) is 30.0 Å². The Morgan fingerprint density at radius 2 is 1.90 bits per heavy atom. The number of fused-ring (bicyclic) bond motifs is 2. The van der Waals surface area contributed by atoms with E-state index in [0.29, 0.717) is 28.7 Å². The Hall–Kier alpha value is -3.50. The minimum atomic E-state index is -0.181. The quantitative estimate of drug-likeness (QED) is 0.459. The van der Waals surface area contributed by atoms with Gasteiger partial charge in [-0.1, -0.05) is 41.9 Å². The molecule has 0 unspecified atom stereocenters. The summed E-state index contributed by atoms with van der Waals surface area (Å²) in [6.07, 6.45) is 3.60. The lowest BCUT2D eigenvalue weighted by molar-refractivity contribution is 0.101. The van der Waals surface area contributed by atoms with Crippen molar-refractivity contribution in [2.75, 3.05) is 0 Å². The van der Waals surface area contributed by atoms with Gasteiger partial charge in [-0.2, -0.15) is 0 Å². The van der Waals surface area contributed by atoms with E-state index in [2.05, 4.69) is 0 Å². The zero-order valence-electron chi connectivity index (χ0n) is 16.8. The van der Waals surface area contributed by atoms with Gasteiger partial charge in [0.15, 0.2) is 5.76 Å². The first-order valence-electron chi connectivity index (χ1n) is 10.00. The predicted octanol–water partition coefficient (Wildman–Crippen LogP) is 6.24. The van der Waals surface area contributed by atoms with Crippen LogP contribution in [0.5, 0.6) is 17.2 Å². The molecule has 0 saturated heterocycles. The number of ether oxygens (including phenoxy) is 3. The lowest BCUT2D eigenvalue weighted by atomic mass is 10.0. The van der Waals surface area contributed by atoms with E-state index < -0.39 is 0 Å². The maximum absolute atomic E-state index is 12.8. The number of ketones is 1. The number of halogens is 1. The van der Waals surface area contributed by atoms with Crippen molar-refractivity contribution in [2.45, 2.75) is 19.6 Å². The van der Waals surface area contributed by atoms with Gasteiger partial charge in [-0.25, -0.2) is 0 Å². The summed E-state index contributed by atoms with van der Waals surface area (Å²) >= 11 is 6.02. The van der Waals surface area contributed by atoms with Crippen molar-refractivity contribution >= 4 is 23.5 Å². The van der Waals surface area contributed by atoms with Crippen molar-refractivity contribution in [3.8, 4) is 17.2 Å². The fraction of sp³-hybridized carbons (Fsp3) is 0.115. The van der Waals surface area contributed by atoms with Crippen LogP contribution < -0.4 is 14.2 Å². The van der Waals surface area contributed by atoms with Gasteiger partial charge in [0.25, 0.3) is 0 Å². The van der Waals surface area contributed by atoms with Crippen LogP contribution >= 0.6 is 11.6 Å². The first kappa shape index (κ1) is 19.5. The van der Waals surface area contributed by atoms with Crippen LogP contribution in [0.1, 0.15) is 28.4 Å². The smallest absolute Gasteiger partial charge is 0.231 e. The van der Waals surface area contributed by atoms with Crippen LogP contribution in [0.15, 0.2) is 84.1 Å². The number of hydrogen-bond acceptors (Lipinski definition) is 4. The topological polar surface area (TPSA) is 44.8 Å². The molecule has 0 N–H and O–H groups in total. The Bertz CT molecular complexity index is 1240. The number of carbonyl (C=O) groups is 1. The number of hydrogen-bond donors (Lipinski definition) is 0. The second-order valence-corrected chi connectivity index (χ2v) is 7.90. The van der Waals surface area contributed by atoms with Crippen molar-refractivity contribution in [2.24, 2.45) is 0 Å². The highest BCUT2D eigenvalue weighted by Crippen LogP contribution is 2.36. The Morgan fingerprint density at radius 1 is 1.03 bits per heavy atom. The standard InChI is InChI=1S/C26H19ClO4/c1-16-19(12-18-6-2-3-8-23(18)30-16)13-25-26(28)22-10-9-21(14-24(22)31-25)29-15-17-5-4-7-20(27)11-17/h2-14,16H,15H2,1H3/b25-13-/t16-/m1/s1. The molecule has 2 heterocycles. The summed E-state index contributed by atoms with van der Waals surface area (Å²) in [6, 6.07) is 20.6. The first-order valence-corrected chi connectivity index (χ1v) is 10.4. The monoisotopic (exact) mass is 430 g/mol. The zero-order valence-corrected chi connectivity index (χ0v) is 17.6. The van der Waals surface area contributed by atoms with Crippen molar-refractivity contribution in [1.29, 1.82) is 0 Å². The summed E-state index contributed by atoms with van der Waals surface area (Å²) in [5, 5.41) is 0.664. The highest BCUT2D eigenvalue weighted by molar-refractivity contribution is 6.30. The summed E-state index contributed by atoms with van der Waals surface area (Å²) in [4.78, 5) is 12.8. The number of para-hydroxylation sites is 1. The second-order valence-electron chi connectivity index (χ2n) is 7.46. The number of allylic oxidation sites excluding steroid dienone is 1. The summed E-state index contributed by atoms with van der Waals surface area (Å²) in [5.74, 6) is 2.08. The minimum Gasteiger partial charge on any atom is -0.489 e. The van der Waals surface area contributed by atoms with E-state index in [-0.39, 0.29) is 17.6 Å². The SMILES string of the molecule is C[C@H]1Oc2ccccc2C=C1/C=C1\Oc2cc(OCc3cccc(Cl)c3)ccc2C1=O. The second kappa shape index (κ2) is 7.97. The van der Waals surface area contributed by atoms with Crippen LogP contribution in [0.25, 0.3) is 6.08 Å². The first-order chi connectivity index (χ1) is 15.1. The minimum absolute atomic E-state index is 0.150. The molecule has 0 bridgehead atoms. The van der Waals surface area contributed by atoms with Gasteiger partial charge in [0.2, 0.25) is 5.78 Å². The van der Waals surface area contributed by atoms with Crippen LogP contribution in [-0.4, -0.2) is 11.9 Å². The fourth-order valence-electron chi connectivity index (χ4n) is 3.62. The predicted molar refractivity (Wildman–Crippen MR) is 120 cm³/mol. The summed E-state index contributed by atoms with van der Waals surface area (Å²) in [5.41, 5.74) is 3.34. The number of carbonyl (C=O) groups excluding carboxylic acids is 1. The van der Waals surface area contributed by atoms with Gasteiger partial charge in [-0.3, -0.25) is 4.79 Å². The van der Waals surface area contributed by atoms with E-state index in [1.54, 1.807) is 24.3 Å². The molecule has 3 aromatic carbocycles. The average molecular weight is 431 g/mol. The van der Waals surface area contributed by atoms with Gasteiger partial charge in [0.05, 0.1) is 5.56 Å². The van der Waals surface area contributed by atoms with E-state index in [1.165, 1.54) is 0 Å². The van der Waals surface area contributed by atoms with Crippen molar-refractivity contribution in [3.05, 3.63) is 106 Å². The van der Waals surface area contributed by atoms with E-state index in [1.807, 2.05) is 61.5 Å². The van der Waals surface area contributed by atoms with Crippen LogP contribution in [0, 0.1) is 0 Å². The molecule has 154 valence electrons. The van der Waals surface area contributed by atoms with Crippen molar-refractivity contribution in [1.82, 2.24) is 0 Å². The number of benzene rings is 3. The van der Waals surface area contributed by atoms with E-state index in [9.17, 15) is 4.79 Å². The van der Waals surface area contributed by atoms with Gasteiger partial charge in [-0.05, 0) is 60.5 Å². The molecule has 31 heavy (non-hydrogen) atoms. The van der Waals surface area contributed by atoms with Crippen molar-refractivity contribution in [3.63, 3.8) is 0 Å². The molecule has 2 aliphatic heterocycles. The molecule has 0 saturated carbocycles. The third kappa shape index (κ3) is 3.94. The summed E-state index contributed by atoms with van der Waals surface area (Å²) in [6.45, 7) is 2.32. The highest BCUT2D eigenvalue weighted by atomic mass is 35.5. The molecule has 2 aliphatic rings. The molecule has 0 aliphatic carbocycles. The van der Waals surface area contributed by atoms with Gasteiger partial charge in [0, 0.05) is 16.7 Å². The molecule has 0 amide bonds. The molecular weight excluding hydrogens is 412 g/mol. The average Bonchev–Trinajstić information content (AvgIpc) is 3.07. The number of rotatable bonds is 4. The molecule has 5 rings (SSSR count). The highest BCUT2D eigenvalue weighted by Gasteiger charge is 2.29. The van der Waals surface area contributed by atoms with Crippen LogP contribution in [0.3, 0.4) is 0 Å². The normalized spacial score (nSPS) is 18.0. The third-order valence-corrected chi connectivity index (χ3v) is 5.48. The van der Waals surface area contributed by atoms with Crippen LogP contribution in [0.2, 0.25) is 5.02 Å². The molecule has 0 radical (unpaired) electrons. The molecule has 4 nitrogen and oxygen atoms in total. The molecular formula is C26H19ClO4. The van der Waals surface area contributed by atoms with E-state index in [0.717, 1.165) is 22.4 Å². The maximum Gasteiger partial charge on any atom is 0.231 e. The molecule has 0 spiro atoms. The lowest BCUT2D eigenvalue weighted by Crippen LogP contribution is -2.18. The van der Waals surface area contributed by atoms with E-state index >= 15 is 0 Å². The van der Waals surface area contributed by atoms with E-state index in [4.69, 9.17) is 25.8 Å². The Kier molecular flexibility index (Phi) is 5.00. The summed E-state index contributed by atoms with van der Waals surface area (Å²) < 4.78 is 17.7. The lowest BCUT2D eigenvalue weighted by Gasteiger charge is -2.22. The third-order valence-electron chi connectivity index (χ3n) is 5.25. The van der Waals surface area contributed by atoms with Crippen molar-refractivity contribution < 1.29 is 19.0 Å². The van der Waals surface area contributed by atoms with Gasteiger partial charge < -0.3 is 14.2 Å².